The van der Waals surface area contributed by atoms with E-state index in [4.69, 9.17) is 12.2 Å². The average molecular weight is 345 g/mol. The van der Waals surface area contributed by atoms with Crippen molar-refractivity contribution in [2.45, 2.75) is 32.9 Å². The standard InChI is InChI=1S/C17H19N3O3S/c1-3-19-16(23)13(15(22)18-17(19)24)14-12-7-5-4-6-11(12)8-9-20(14)10(2)21/h4-7,14,23H,3,8-9H2,1-2H3,(H,18,22,24)/t14-/m1/s1. The van der Waals surface area contributed by atoms with E-state index in [1.54, 1.807) is 4.90 Å². The number of hydrogen-bond donors (Lipinski definition) is 2. The maximum atomic E-state index is 12.6. The number of benzene rings is 1. The van der Waals surface area contributed by atoms with Crippen LogP contribution in [0.4, 0.5) is 0 Å². The molecule has 1 aromatic carbocycles. The van der Waals surface area contributed by atoms with Crippen molar-refractivity contribution in [3.63, 3.8) is 0 Å². The van der Waals surface area contributed by atoms with Crippen LogP contribution in [-0.4, -0.2) is 32.0 Å². The second kappa shape index (κ2) is 6.24. The van der Waals surface area contributed by atoms with E-state index in [0.29, 0.717) is 13.1 Å². The summed E-state index contributed by atoms with van der Waals surface area (Å²) >= 11 is 5.11. The van der Waals surface area contributed by atoms with E-state index in [-0.39, 0.29) is 22.1 Å². The van der Waals surface area contributed by atoms with E-state index in [1.807, 2.05) is 31.2 Å². The minimum absolute atomic E-state index is 0.140. The third-order valence-electron chi connectivity index (χ3n) is 4.48. The zero-order valence-corrected chi connectivity index (χ0v) is 14.4. The van der Waals surface area contributed by atoms with Gasteiger partial charge in [0.2, 0.25) is 11.8 Å². The summed E-state index contributed by atoms with van der Waals surface area (Å²) in [4.78, 5) is 28.9. The molecule has 1 amide bonds. The summed E-state index contributed by atoms with van der Waals surface area (Å²) in [5.41, 5.74) is 1.63. The number of fused-ring (bicyclic) bond motifs is 1. The van der Waals surface area contributed by atoms with Gasteiger partial charge in [-0.05, 0) is 36.7 Å². The van der Waals surface area contributed by atoms with Gasteiger partial charge in [-0.2, -0.15) is 0 Å². The maximum Gasteiger partial charge on any atom is 0.261 e. The number of rotatable bonds is 2. The number of nitrogens with one attached hydrogen (secondary N) is 1. The van der Waals surface area contributed by atoms with E-state index < -0.39 is 11.6 Å². The Morgan fingerprint density at radius 2 is 2.12 bits per heavy atom. The van der Waals surface area contributed by atoms with Crippen molar-refractivity contribution in [3.05, 3.63) is 56.1 Å². The molecule has 0 fully saturated rings. The van der Waals surface area contributed by atoms with Crippen molar-refractivity contribution in [3.8, 4) is 5.88 Å². The molecule has 2 N–H and O–H groups in total. The Bertz CT molecular complexity index is 916. The SMILES string of the molecule is CCn1c(O)c([C@H]2c3ccccc3CCN2C(C)=O)c(=O)[nH]c1=S. The molecule has 2 heterocycles. The third-order valence-corrected chi connectivity index (χ3v) is 4.81. The first-order chi connectivity index (χ1) is 11.5. The number of nitrogens with zero attached hydrogens (tertiary/aromatic N) is 2. The van der Waals surface area contributed by atoms with Crippen molar-refractivity contribution < 1.29 is 9.90 Å². The number of aromatic amines is 1. The first-order valence-electron chi connectivity index (χ1n) is 7.86. The average Bonchev–Trinajstić information content (AvgIpc) is 2.54. The highest BCUT2D eigenvalue weighted by molar-refractivity contribution is 7.71. The Hall–Kier alpha value is -2.41. The predicted octanol–water partition coefficient (Wildman–Crippen LogP) is 2.13. The predicted molar refractivity (Wildman–Crippen MR) is 92.6 cm³/mol. The Morgan fingerprint density at radius 1 is 1.42 bits per heavy atom. The first kappa shape index (κ1) is 16.4. The molecule has 0 unspecified atom stereocenters. The Labute approximate surface area is 144 Å². The molecule has 1 aliphatic rings. The molecule has 0 spiro atoms. The summed E-state index contributed by atoms with van der Waals surface area (Å²) in [5, 5.41) is 10.7. The number of H-pyrrole nitrogens is 1. The lowest BCUT2D eigenvalue weighted by molar-refractivity contribution is -0.130. The lowest BCUT2D eigenvalue weighted by Crippen LogP contribution is -2.41. The van der Waals surface area contributed by atoms with Crippen LogP contribution in [-0.2, 0) is 17.8 Å². The summed E-state index contributed by atoms with van der Waals surface area (Å²) in [6, 6.07) is 7.06. The van der Waals surface area contributed by atoms with Crippen molar-refractivity contribution in [1.29, 1.82) is 0 Å². The van der Waals surface area contributed by atoms with Crippen molar-refractivity contribution in [2.75, 3.05) is 6.54 Å². The van der Waals surface area contributed by atoms with Crippen LogP contribution in [0.1, 0.15) is 36.6 Å². The van der Waals surface area contributed by atoms with Gasteiger partial charge >= 0.3 is 0 Å². The summed E-state index contributed by atoms with van der Waals surface area (Å²) in [5.74, 6) is -0.321. The molecule has 24 heavy (non-hydrogen) atoms. The van der Waals surface area contributed by atoms with Gasteiger partial charge in [0.15, 0.2) is 4.77 Å². The third kappa shape index (κ3) is 2.54. The second-order valence-corrected chi connectivity index (χ2v) is 6.19. The van der Waals surface area contributed by atoms with Gasteiger partial charge in [-0.1, -0.05) is 24.3 Å². The molecule has 1 aliphatic heterocycles. The van der Waals surface area contributed by atoms with Crippen LogP contribution in [0.25, 0.3) is 0 Å². The lowest BCUT2D eigenvalue weighted by Gasteiger charge is -2.37. The lowest BCUT2D eigenvalue weighted by atomic mass is 9.89. The number of aromatic nitrogens is 2. The molecule has 0 saturated carbocycles. The van der Waals surface area contributed by atoms with E-state index >= 15 is 0 Å². The van der Waals surface area contributed by atoms with Crippen molar-refractivity contribution >= 4 is 18.1 Å². The minimum Gasteiger partial charge on any atom is -0.494 e. The zero-order chi connectivity index (χ0) is 17.4. The highest BCUT2D eigenvalue weighted by Gasteiger charge is 2.34. The number of carbonyl (C=O) groups is 1. The molecule has 0 bridgehead atoms. The molecule has 3 rings (SSSR count). The van der Waals surface area contributed by atoms with Gasteiger partial charge in [-0.15, -0.1) is 0 Å². The van der Waals surface area contributed by atoms with E-state index in [1.165, 1.54) is 11.5 Å². The van der Waals surface area contributed by atoms with Crippen molar-refractivity contribution in [1.82, 2.24) is 14.5 Å². The molecule has 0 radical (unpaired) electrons. The van der Waals surface area contributed by atoms with Gasteiger partial charge in [0, 0.05) is 20.0 Å². The summed E-state index contributed by atoms with van der Waals surface area (Å²) in [6.45, 7) is 4.22. The summed E-state index contributed by atoms with van der Waals surface area (Å²) in [7, 11) is 0. The highest BCUT2D eigenvalue weighted by atomic mass is 32.1. The van der Waals surface area contributed by atoms with Gasteiger partial charge in [-0.3, -0.25) is 19.1 Å². The number of hydrogen-bond acceptors (Lipinski definition) is 4. The van der Waals surface area contributed by atoms with E-state index in [9.17, 15) is 14.7 Å². The van der Waals surface area contributed by atoms with Gasteiger partial charge in [-0.25, -0.2) is 0 Å². The van der Waals surface area contributed by atoms with Gasteiger partial charge < -0.3 is 10.0 Å². The fourth-order valence-electron chi connectivity index (χ4n) is 3.33. The molecule has 0 aliphatic carbocycles. The molecular weight excluding hydrogens is 326 g/mol. The Balaban J connectivity index is 2.32. The van der Waals surface area contributed by atoms with Crippen LogP contribution in [0.3, 0.4) is 0 Å². The fourth-order valence-corrected chi connectivity index (χ4v) is 3.64. The number of carbonyl (C=O) groups excluding carboxylic acids is 1. The topological polar surface area (TPSA) is 78.3 Å². The van der Waals surface area contributed by atoms with Gasteiger partial charge in [0.05, 0.1) is 6.04 Å². The molecule has 0 saturated heterocycles. The van der Waals surface area contributed by atoms with Crippen LogP contribution < -0.4 is 5.56 Å². The Morgan fingerprint density at radius 3 is 2.79 bits per heavy atom. The molecule has 7 heteroatoms. The quantitative estimate of drug-likeness (QED) is 0.818. The largest absolute Gasteiger partial charge is 0.494 e. The van der Waals surface area contributed by atoms with Gasteiger partial charge in [0.25, 0.3) is 5.56 Å². The second-order valence-electron chi connectivity index (χ2n) is 5.80. The van der Waals surface area contributed by atoms with Crippen LogP contribution in [0.2, 0.25) is 0 Å². The normalized spacial score (nSPS) is 16.8. The van der Waals surface area contributed by atoms with Gasteiger partial charge in [0.1, 0.15) is 5.56 Å². The smallest absolute Gasteiger partial charge is 0.261 e. The molecule has 1 aromatic heterocycles. The highest BCUT2D eigenvalue weighted by Crippen LogP contribution is 2.37. The van der Waals surface area contributed by atoms with Crippen molar-refractivity contribution in [2.24, 2.45) is 0 Å². The van der Waals surface area contributed by atoms with E-state index in [0.717, 1.165) is 17.5 Å². The van der Waals surface area contributed by atoms with Crippen LogP contribution in [0, 0.1) is 4.77 Å². The fraction of sp³-hybridized carbons (Fsp3) is 0.353. The number of aromatic hydroxyl groups is 1. The van der Waals surface area contributed by atoms with E-state index in [2.05, 4.69) is 4.98 Å². The first-order valence-corrected chi connectivity index (χ1v) is 8.27. The molecule has 1 atom stereocenters. The molecule has 2 aromatic rings. The molecule has 6 nitrogen and oxygen atoms in total. The maximum absolute atomic E-state index is 12.6. The minimum atomic E-state index is -0.621. The van der Waals surface area contributed by atoms with Crippen LogP contribution >= 0.6 is 12.2 Å². The molecule has 126 valence electrons. The molecular formula is C17H19N3O3S. The van der Waals surface area contributed by atoms with Crippen LogP contribution in [0.5, 0.6) is 5.88 Å². The zero-order valence-electron chi connectivity index (χ0n) is 13.6. The number of amides is 1. The monoisotopic (exact) mass is 345 g/mol. The van der Waals surface area contributed by atoms with Crippen LogP contribution in [0.15, 0.2) is 29.1 Å². The summed E-state index contributed by atoms with van der Waals surface area (Å²) < 4.78 is 1.63. The summed E-state index contributed by atoms with van der Waals surface area (Å²) in [6.07, 6.45) is 0.720. The Kier molecular flexibility index (Phi) is 4.28.